The number of benzene rings is 2. The lowest BCUT2D eigenvalue weighted by Gasteiger charge is -2.31. The number of fused-ring (bicyclic) bond motifs is 1. The Labute approximate surface area is 106 Å². The first-order valence-corrected chi connectivity index (χ1v) is 6.37. The molecule has 1 saturated heterocycles. The molecule has 0 atom stereocenters. The van der Waals surface area contributed by atoms with Gasteiger partial charge in [0, 0.05) is 31.6 Å². The molecule has 88 valence electrons. The van der Waals surface area contributed by atoms with E-state index in [-0.39, 0.29) is 0 Å². The number of nitrogens with one attached hydrogen (secondary N) is 1. The van der Waals surface area contributed by atoms with Crippen LogP contribution in [0.3, 0.4) is 0 Å². The minimum absolute atomic E-state index is 0.852. The minimum atomic E-state index is 0.852. The van der Waals surface area contributed by atoms with Gasteiger partial charge in [-0.25, -0.2) is 0 Å². The molecule has 1 N–H and O–H groups in total. The van der Waals surface area contributed by atoms with Gasteiger partial charge in [0.05, 0.1) is 10.7 Å². The number of anilines is 1. The fraction of sp³-hybridized carbons (Fsp3) is 0.286. The van der Waals surface area contributed by atoms with Crippen LogP contribution in [0.5, 0.6) is 0 Å². The van der Waals surface area contributed by atoms with Crippen LogP contribution >= 0.6 is 11.6 Å². The van der Waals surface area contributed by atoms with Crippen molar-refractivity contribution in [2.24, 2.45) is 0 Å². The normalized spacial score (nSPS) is 16.4. The molecular weight excluding hydrogens is 232 g/mol. The van der Waals surface area contributed by atoms with Crippen LogP contribution < -0.4 is 10.2 Å². The van der Waals surface area contributed by atoms with Gasteiger partial charge >= 0.3 is 0 Å². The van der Waals surface area contributed by atoms with Crippen molar-refractivity contribution in [2.45, 2.75) is 0 Å². The Morgan fingerprint density at radius 3 is 2.59 bits per heavy atom. The van der Waals surface area contributed by atoms with Crippen molar-refractivity contribution < 1.29 is 0 Å². The molecule has 1 aliphatic heterocycles. The molecule has 3 heteroatoms. The topological polar surface area (TPSA) is 15.3 Å². The maximum atomic E-state index is 6.37. The van der Waals surface area contributed by atoms with Gasteiger partial charge in [0.2, 0.25) is 0 Å². The Morgan fingerprint density at radius 2 is 1.76 bits per heavy atom. The second-order valence-corrected chi connectivity index (χ2v) is 4.76. The number of rotatable bonds is 1. The van der Waals surface area contributed by atoms with Crippen LogP contribution in [0.1, 0.15) is 0 Å². The number of hydrogen-bond acceptors (Lipinski definition) is 2. The Kier molecular flexibility index (Phi) is 2.91. The lowest BCUT2D eigenvalue weighted by molar-refractivity contribution is 0.590. The summed E-state index contributed by atoms with van der Waals surface area (Å²) in [4.78, 5) is 2.38. The van der Waals surface area contributed by atoms with Crippen LogP contribution in [-0.4, -0.2) is 26.2 Å². The molecule has 2 nitrogen and oxygen atoms in total. The van der Waals surface area contributed by atoms with Crippen LogP contribution in [0.4, 0.5) is 5.69 Å². The van der Waals surface area contributed by atoms with Crippen molar-refractivity contribution in [1.82, 2.24) is 5.32 Å². The lowest BCUT2D eigenvalue weighted by atomic mass is 10.1. The van der Waals surface area contributed by atoms with E-state index >= 15 is 0 Å². The molecule has 0 bridgehead atoms. The number of nitrogens with zero attached hydrogens (tertiary/aromatic N) is 1. The van der Waals surface area contributed by atoms with Gasteiger partial charge < -0.3 is 10.2 Å². The van der Waals surface area contributed by atoms with Crippen LogP contribution in [0.2, 0.25) is 5.02 Å². The summed E-state index contributed by atoms with van der Waals surface area (Å²) in [6.07, 6.45) is 0. The van der Waals surface area contributed by atoms with Gasteiger partial charge in [-0.3, -0.25) is 0 Å². The first kappa shape index (κ1) is 10.9. The first-order valence-electron chi connectivity index (χ1n) is 5.99. The van der Waals surface area contributed by atoms with E-state index in [1.165, 1.54) is 16.5 Å². The van der Waals surface area contributed by atoms with Crippen molar-refractivity contribution in [2.75, 3.05) is 31.1 Å². The fourth-order valence-electron chi connectivity index (χ4n) is 2.44. The molecule has 1 heterocycles. The van der Waals surface area contributed by atoms with Crippen molar-refractivity contribution in [3.05, 3.63) is 41.4 Å². The predicted octanol–water partition coefficient (Wildman–Crippen LogP) is 2.90. The third kappa shape index (κ3) is 1.99. The van der Waals surface area contributed by atoms with Gasteiger partial charge in [-0.2, -0.15) is 0 Å². The molecule has 0 radical (unpaired) electrons. The molecule has 0 spiro atoms. The summed E-state index contributed by atoms with van der Waals surface area (Å²) in [5.41, 5.74) is 1.19. The second-order valence-electron chi connectivity index (χ2n) is 4.35. The Bertz CT molecular complexity index is 533. The van der Waals surface area contributed by atoms with Crippen molar-refractivity contribution >= 4 is 28.1 Å². The summed E-state index contributed by atoms with van der Waals surface area (Å²) in [6, 6.07) is 12.5. The van der Waals surface area contributed by atoms with Gasteiger partial charge in [0.1, 0.15) is 0 Å². The Hall–Kier alpha value is -1.25. The largest absolute Gasteiger partial charge is 0.367 e. The molecule has 0 amide bonds. The van der Waals surface area contributed by atoms with Crippen molar-refractivity contribution in [3.8, 4) is 0 Å². The van der Waals surface area contributed by atoms with Crippen LogP contribution in [0.25, 0.3) is 10.8 Å². The van der Waals surface area contributed by atoms with E-state index < -0.39 is 0 Å². The minimum Gasteiger partial charge on any atom is -0.367 e. The molecule has 0 unspecified atom stereocenters. The summed E-state index contributed by atoms with van der Waals surface area (Å²) in [5.74, 6) is 0. The SMILES string of the molecule is Clc1ccc2ccccc2c1N1CCNCC1. The number of halogens is 1. The zero-order valence-electron chi connectivity index (χ0n) is 9.62. The molecule has 17 heavy (non-hydrogen) atoms. The average molecular weight is 247 g/mol. The summed E-state index contributed by atoms with van der Waals surface area (Å²) in [7, 11) is 0. The lowest BCUT2D eigenvalue weighted by Crippen LogP contribution is -2.43. The van der Waals surface area contributed by atoms with Crippen molar-refractivity contribution in [1.29, 1.82) is 0 Å². The van der Waals surface area contributed by atoms with Gasteiger partial charge in [-0.1, -0.05) is 41.9 Å². The summed E-state index contributed by atoms with van der Waals surface area (Å²) in [5, 5.41) is 6.73. The molecule has 1 fully saturated rings. The molecular formula is C14H15ClN2. The zero-order chi connectivity index (χ0) is 11.7. The van der Waals surface area contributed by atoms with E-state index in [1.807, 2.05) is 6.07 Å². The highest BCUT2D eigenvalue weighted by atomic mass is 35.5. The fourth-order valence-corrected chi connectivity index (χ4v) is 2.72. The van der Waals surface area contributed by atoms with Crippen LogP contribution in [-0.2, 0) is 0 Å². The van der Waals surface area contributed by atoms with Crippen LogP contribution in [0, 0.1) is 0 Å². The smallest absolute Gasteiger partial charge is 0.0646 e. The quantitative estimate of drug-likeness (QED) is 0.833. The molecule has 0 aliphatic carbocycles. The molecule has 0 saturated carbocycles. The molecule has 1 aliphatic rings. The van der Waals surface area contributed by atoms with E-state index in [0.29, 0.717) is 0 Å². The van der Waals surface area contributed by atoms with Gasteiger partial charge in [-0.05, 0) is 11.5 Å². The summed E-state index contributed by atoms with van der Waals surface area (Å²) < 4.78 is 0. The van der Waals surface area contributed by atoms with E-state index in [1.54, 1.807) is 0 Å². The van der Waals surface area contributed by atoms with Gasteiger partial charge in [0.25, 0.3) is 0 Å². The average Bonchev–Trinajstić information content (AvgIpc) is 2.39. The Morgan fingerprint density at radius 1 is 1.00 bits per heavy atom. The third-order valence-electron chi connectivity index (χ3n) is 3.28. The first-order chi connectivity index (χ1) is 8.36. The standard InChI is InChI=1S/C14H15ClN2/c15-13-6-5-11-3-1-2-4-12(11)14(13)17-9-7-16-8-10-17/h1-6,16H,7-10H2. The summed E-state index contributed by atoms with van der Waals surface area (Å²) in [6.45, 7) is 4.10. The molecule has 2 aromatic rings. The van der Waals surface area contributed by atoms with Crippen molar-refractivity contribution in [3.63, 3.8) is 0 Å². The highest BCUT2D eigenvalue weighted by Gasteiger charge is 2.15. The summed E-state index contributed by atoms with van der Waals surface area (Å²) >= 11 is 6.37. The van der Waals surface area contributed by atoms with Gasteiger partial charge in [-0.15, -0.1) is 0 Å². The third-order valence-corrected chi connectivity index (χ3v) is 3.59. The van der Waals surface area contributed by atoms with E-state index in [4.69, 9.17) is 11.6 Å². The number of piperazine rings is 1. The van der Waals surface area contributed by atoms with E-state index in [0.717, 1.165) is 31.2 Å². The zero-order valence-corrected chi connectivity index (χ0v) is 10.4. The number of hydrogen-bond donors (Lipinski definition) is 1. The molecule has 3 rings (SSSR count). The highest BCUT2D eigenvalue weighted by molar-refractivity contribution is 6.35. The predicted molar refractivity (Wildman–Crippen MR) is 74.0 cm³/mol. The molecule has 0 aromatic heterocycles. The monoisotopic (exact) mass is 246 g/mol. The van der Waals surface area contributed by atoms with E-state index in [2.05, 4.69) is 40.5 Å². The van der Waals surface area contributed by atoms with Gasteiger partial charge in [0.15, 0.2) is 0 Å². The molecule has 2 aromatic carbocycles. The van der Waals surface area contributed by atoms with Crippen LogP contribution in [0.15, 0.2) is 36.4 Å². The maximum Gasteiger partial charge on any atom is 0.0646 e. The van der Waals surface area contributed by atoms with E-state index in [9.17, 15) is 0 Å². The Balaban J connectivity index is 2.15. The second kappa shape index (κ2) is 4.55. The highest BCUT2D eigenvalue weighted by Crippen LogP contribution is 2.34. The maximum absolute atomic E-state index is 6.37.